The highest BCUT2D eigenvalue weighted by Gasteiger charge is 2.19. The van der Waals surface area contributed by atoms with Crippen molar-refractivity contribution in [2.45, 2.75) is 19.8 Å². The molecular weight excluding hydrogens is 244 g/mol. The molecule has 3 N–H and O–H groups in total. The van der Waals surface area contributed by atoms with Crippen molar-refractivity contribution in [1.29, 1.82) is 0 Å². The zero-order valence-corrected chi connectivity index (χ0v) is 12.0. The summed E-state index contributed by atoms with van der Waals surface area (Å²) in [6.45, 7) is 4.93. The van der Waals surface area contributed by atoms with E-state index in [0.29, 0.717) is 6.54 Å². The minimum Gasteiger partial charge on any atom is -0.358 e. The Bertz CT molecular complexity index is 740. The molecule has 0 aliphatic heterocycles. The second-order valence-corrected chi connectivity index (χ2v) is 5.35. The molecule has 0 bridgehead atoms. The average molecular weight is 264 g/mol. The minimum atomic E-state index is 0.226. The third-order valence-corrected chi connectivity index (χ3v) is 4.15. The maximum Gasteiger partial charge on any atom is 0.0459 e. The molecule has 0 saturated heterocycles. The summed E-state index contributed by atoms with van der Waals surface area (Å²) in [5, 5.41) is 1.29. The first-order valence-corrected chi connectivity index (χ1v) is 7.05. The highest BCUT2D eigenvalue weighted by atomic mass is 14.7. The summed E-state index contributed by atoms with van der Waals surface area (Å²) in [4.78, 5) is 3.56. The molecule has 0 saturated carbocycles. The average Bonchev–Trinajstić information content (AvgIpc) is 2.80. The number of hydrogen-bond acceptors (Lipinski definition) is 1. The standard InChI is InChI=1S/C18H20N2/c1-12-7-3-4-8-14(12)16(11-19)18-13(2)15-9-5-6-10-17(15)20-18/h3-10,16,20H,11,19H2,1-2H3. The monoisotopic (exact) mass is 264 g/mol. The summed E-state index contributed by atoms with van der Waals surface area (Å²) < 4.78 is 0. The molecule has 2 aromatic carbocycles. The van der Waals surface area contributed by atoms with Gasteiger partial charge < -0.3 is 10.7 Å². The van der Waals surface area contributed by atoms with E-state index in [-0.39, 0.29) is 5.92 Å². The molecule has 2 nitrogen and oxygen atoms in total. The Morgan fingerprint density at radius 3 is 2.40 bits per heavy atom. The van der Waals surface area contributed by atoms with Crippen LogP contribution in [0, 0.1) is 13.8 Å². The maximum atomic E-state index is 6.08. The van der Waals surface area contributed by atoms with E-state index in [9.17, 15) is 0 Å². The van der Waals surface area contributed by atoms with Gasteiger partial charge in [0.05, 0.1) is 0 Å². The Morgan fingerprint density at radius 1 is 1.00 bits per heavy atom. The second kappa shape index (κ2) is 5.14. The molecule has 3 rings (SSSR count). The highest BCUT2D eigenvalue weighted by Crippen LogP contribution is 2.31. The summed E-state index contributed by atoms with van der Waals surface area (Å²) in [5.41, 5.74) is 12.4. The van der Waals surface area contributed by atoms with E-state index in [4.69, 9.17) is 5.73 Å². The first-order valence-electron chi connectivity index (χ1n) is 7.05. The molecule has 0 spiro atoms. The zero-order chi connectivity index (χ0) is 14.1. The van der Waals surface area contributed by atoms with Crippen LogP contribution >= 0.6 is 0 Å². The minimum absolute atomic E-state index is 0.226. The highest BCUT2D eigenvalue weighted by molar-refractivity contribution is 5.84. The Kier molecular flexibility index (Phi) is 3.33. The van der Waals surface area contributed by atoms with E-state index >= 15 is 0 Å². The van der Waals surface area contributed by atoms with Crippen molar-refractivity contribution in [1.82, 2.24) is 4.98 Å². The Hall–Kier alpha value is -2.06. The van der Waals surface area contributed by atoms with Crippen molar-refractivity contribution in [2.24, 2.45) is 5.73 Å². The fraction of sp³-hybridized carbons (Fsp3) is 0.222. The van der Waals surface area contributed by atoms with Gasteiger partial charge in [-0.3, -0.25) is 0 Å². The number of nitrogens with one attached hydrogen (secondary N) is 1. The van der Waals surface area contributed by atoms with Gasteiger partial charge in [-0.15, -0.1) is 0 Å². The molecule has 2 heteroatoms. The molecule has 102 valence electrons. The van der Waals surface area contributed by atoms with Gasteiger partial charge in [0.25, 0.3) is 0 Å². The quantitative estimate of drug-likeness (QED) is 0.740. The van der Waals surface area contributed by atoms with E-state index in [1.54, 1.807) is 0 Å². The number of nitrogens with two attached hydrogens (primary N) is 1. The number of fused-ring (bicyclic) bond motifs is 1. The summed E-state index contributed by atoms with van der Waals surface area (Å²) in [6, 6.07) is 16.9. The molecule has 0 radical (unpaired) electrons. The molecule has 1 atom stereocenters. The van der Waals surface area contributed by atoms with Gasteiger partial charge in [-0.05, 0) is 36.6 Å². The number of hydrogen-bond donors (Lipinski definition) is 2. The summed E-state index contributed by atoms with van der Waals surface area (Å²) in [5.74, 6) is 0.226. The number of aromatic amines is 1. The summed E-state index contributed by atoms with van der Waals surface area (Å²) in [7, 11) is 0. The van der Waals surface area contributed by atoms with Crippen molar-refractivity contribution in [3.63, 3.8) is 0 Å². The van der Waals surface area contributed by atoms with Crippen LogP contribution in [0.5, 0.6) is 0 Å². The maximum absolute atomic E-state index is 6.08. The second-order valence-electron chi connectivity index (χ2n) is 5.35. The van der Waals surface area contributed by atoms with Gasteiger partial charge in [0.1, 0.15) is 0 Å². The molecule has 1 heterocycles. The fourth-order valence-corrected chi connectivity index (χ4v) is 3.03. The number of H-pyrrole nitrogens is 1. The van der Waals surface area contributed by atoms with E-state index in [2.05, 4.69) is 67.4 Å². The van der Waals surface area contributed by atoms with E-state index in [0.717, 1.165) is 0 Å². The van der Waals surface area contributed by atoms with Crippen molar-refractivity contribution >= 4 is 10.9 Å². The lowest BCUT2D eigenvalue weighted by Gasteiger charge is -2.17. The van der Waals surface area contributed by atoms with Gasteiger partial charge in [-0.2, -0.15) is 0 Å². The predicted octanol–water partition coefficient (Wildman–Crippen LogP) is 3.88. The van der Waals surface area contributed by atoms with Crippen LogP contribution in [0.3, 0.4) is 0 Å². The summed E-state index contributed by atoms with van der Waals surface area (Å²) >= 11 is 0. The normalized spacial score (nSPS) is 12.8. The molecule has 1 unspecified atom stereocenters. The Labute approximate surface area is 119 Å². The van der Waals surface area contributed by atoms with E-state index < -0.39 is 0 Å². The van der Waals surface area contributed by atoms with Gasteiger partial charge in [-0.1, -0.05) is 42.5 Å². The number of aryl methyl sites for hydroxylation is 2. The summed E-state index contributed by atoms with van der Waals surface area (Å²) in [6.07, 6.45) is 0. The number of aromatic nitrogens is 1. The SMILES string of the molecule is Cc1ccccc1C(CN)c1[nH]c2ccccc2c1C. The van der Waals surface area contributed by atoms with Crippen LogP contribution in [-0.2, 0) is 0 Å². The first kappa shape index (κ1) is 12.9. The Morgan fingerprint density at radius 2 is 1.70 bits per heavy atom. The Balaban J connectivity index is 2.17. The van der Waals surface area contributed by atoms with Gasteiger partial charge >= 0.3 is 0 Å². The van der Waals surface area contributed by atoms with Crippen LogP contribution in [-0.4, -0.2) is 11.5 Å². The van der Waals surface area contributed by atoms with Crippen molar-refractivity contribution < 1.29 is 0 Å². The molecule has 0 aliphatic rings. The lowest BCUT2D eigenvalue weighted by atomic mass is 9.90. The van der Waals surface area contributed by atoms with Crippen LogP contribution in [0.25, 0.3) is 10.9 Å². The predicted molar refractivity (Wildman–Crippen MR) is 85.1 cm³/mol. The van der Waals surface area contributed by atoms with Gasteiger partial charge in [0, 0.05) is 29.1 Å². The van der Waals surface area contributed by atoms with E-state index in [1.807, 2.05) is 0 Å². The first-order chi connectivity index (χ1) is 9.72. The molecule has 3 aromatic rings. The molecule has 20 heavy (non-hydrogen) atoms. The topological polar surface area (TPSA) is 41.8 Å². The van der Waals surface area contributed by atoms with Crippen LogP contribution in [0.4, 0.5) is 0 Å². The van der Waals surface area contributed by atoms with Gasteiger partial charge in [0.15, 0.2) is 0 Å². The van der Waals surface area contributed by atoms with Crippen LogP contribution in [0.15, 0.2) is 48.5 Å². The zero-order valence-electron chi connectivity index (χ0n) is 12.0. The van der Waals surface area contributed by atoms with E-state index in [1.165, 1.54) is 33.3 Å². The van der Waals surface area contributed by atoms with Gasteiger partial charge in [0.2, 0.25) is 0 Å². The smallest absolute Gasteiger partial charge is 0.0459 e. The lowest BCUT2D eigenvalue weighted by Crippen LogP contribution is -2.16. The van der Waals surface area contributed by atoms with Crippen LogP contribution in [0.1, 0.15) is 28.3 Å². The van der Waals surface area contributed by atoms with Crippen molar-refractivity contribution in [2.75, 3.05) is 6.54 Å². The van der Waals surface area contributed by atoms with Crippen LogP contribution < -0.4 is 5.73 Å². The molecule has 0 fully saturated rings. The van der Waals surface area contributed by atoms with Gasteiger partial charge in [-0.25, -0.2) is 0 Å². The lowest BCUT2D eigenvalue weighted by molar-refractivity contribution is 0.784. The molecule has 1 aromatic heterocycles. The number of benzene rings is 2. The molecule has 0 amide bonds. The van der Waals surface area contributed by atoms with Crippen molar-refractivity contribution in [3.8, 4) is 0 Å². The third kappa shape index (κ3) is 2.02. The number of rotatable bonds is 3. The largest absolute Gasteiger partial charge is 0.358 e. The van der Waals surface area contributed by atoms with Crippen molar-refractivity contribution in [3.05, 3.63) is 70.9 Å². The molecule has 0 aliphatic carbocycles. The third-order valence-electron chi connectivity index (χ3n) is 4.15. The molecular formula is C18H20N2. The number of para-hydroxylation sites is 1. The fourth-order valence-electron chi connectivity index (χ4n) is 3.03. The van der Waals surface area contributed by atoms with Crippen LogP contribution in [0.2, 0.25) is 0 Å².